The highest BCUT2D eigenvalue weighted by Crippen LogP contribution is 2.32. The Morgan fingerprint density at radius 3 is 2.79 bits per heavy atom. The zero-order chi connectivity index (χ0) is 20.3. The summed E-state index contributed by atoms with van der Waals surface area (Å²) in [7, 11) is 0. The van der Waals surface area contributed by atoms with Gasteiger partial charge in [0.25, 0.3) is 5.91 Å². The maximum absolute atomic E-state index is 13.0. The van der Waals surface area contributed by atoms with E-state index in [1.807, 2.05) is 24.3 Å². The lowest BCUT2D eigenvalue weighted by atomic mass is 9.84. The first kappa shape index (κ1) is 19.8. The number of aromatic nitrogens is 1. The number of carbonyl (C=O) groups excluding carboxylic acids is 3. The Morgan fingerprint density at radius 1 is 1.29 bits per heavy atom. The van der Waals surface area contributed by atoms with Crippen LogP contribution in [0.2, 0.25) is 0 Å². The van der Waals surface area contributed by atoms with Crippen LogP contribution in [0, 0.1) is 5.92 Å². The monoisotopic (exact) mass is 383 g/mol. The van der Waals surface area contributed by atoms with Gasteiger partial charge in [0.05, 0.1) is 11.1 Å². The third kappa shape index (κ3) is 4.13. The molecule has 0 bridgehead atoms. The van der Waals surface area contributed by atoms with Crippen molar-refractivity contribution in [2.45, 2.75) is 46.1 Å². The molecule has 2 N–H and O–H groups in total. The molecule has 0 saturated heterocycles. The predicted molar refractivity (Wildman–Crippen MR) is 105 cm³/mol. The number of nitrogens with zero attached hydrogens (tertiary/aromatic N) is 1. The van der Waals surface area contributed by atoms with Gasteiger partial charge in [-0.2, -0.15) is 0 Å². The normalized spacial score (nSPS) is 16.8. The molecule has 1 aliphatic rings. The number of hydrogen-bond acceptors (Lipinski definition) is 5. The van der Waals surface area contributed by atoms with Crippen LogP contribution in [0.5, 0.6) is 0 Å². The Balaban J connectivity index is 1.90. The number of para-hydroxylation sites is 1. The maximum atomic E-state index is 13.0. The van der Waals surface area contributed by atoms with Gasteiger partial charge in [-0.15, -0.1) is 0 Å². The van der Waals surface area contributed by atoms with E-state index in [0.29, 0.717) is 18.0 Å². The number of fused-ring (bicyclic) bond motifs is 2. The summed E-state index contributed by atoms with van der Waals surface area (Å²) in [5.74, 6) is -0.789. The lowest BCUT2D eigenvalue weighted by molar-refractivity contribution is -0.127. The van der Waals surface area contributed by atoms with E-state index in [0.717, 1.165) is 41.4 Å². The molecule has 1 heterocycles. The number of rotatable bonds is 4. The molecule has 1 aromatic carbocycles. The first-order valence-corrected chi connectivity index (χ1v) is 9.60. The van der Waals surface area contributed by atoms with Crippen LogP contribution in [0.4, 0.5) is 4.79 Å². The SMILES string of the molecule is CCNC(=O)NC(=O)C(C)OC(=O)c1c2c(nc3ccccc13)CCC(C)C2. The number of hydrogen-bond donors (Lipinski definition) is 2. The Hall–Kier alpha value is -2.96. The van der Waals surface area contributed by atoms with Crippen LogP contribution in [-0.2, 0) is 22.4 Å². The summed E-state index contributed by atoms with van der Waals surface area (Å²) >= 11 is 0. The number of nitrogens with one attached hydrogen (secondary N) is 2. The predicted octanol–water partition coefficient (Wildman–Crippen LogP) is 2.75. The molecule has 3 amide bonds. The van der Waals surface area contributed by atoms with E-state index in [1.165, 1.54) is 6.92 Å². The molecule has 7 nitrogen and oxygen atoms in total. The quantitative estimate of drug-likeness (QED) is 0.791. The van der Waals surface area contributed by atoms with Crippen molar-refractivity contribution >= 4 is 28.8 Å². The number of amides is 3. The van der Waals surface area contributed by atoms with E-state index in [1.54, 1.807) is 6.92 Å². The fourth-order valence-corrected chi connectivity index (χ4v) is 3.49. The van der Waals surface area contributed by atoms with Gasteiger partial charge in [0, 0.05) is 17.6 Å². The highest BCUT2D eigenvalue weighted by Gasteiger charge is 2.28. The highest BCUT2D eigenvalue weighted by molar-refractivity contribution is 6.06. The molecule has 1 aromatic heterocycles. The average molecular weight is 383 g/mol. The van der Waals surface area contributed by atoms with Crippen LogP contribution >= 0.6 is 0 Å². The molecule has 1 aliphatic carbocycles. The lowest BCUT2D eigenvalue weighted by Crippen LogP contribution is -2.44. The summed E-state index contributed by atoms with van der Waals surface area (Å²) in [4.78, 5) is 41.4. The van der Waals surface area contributed by atoms with Crippen LogP contribution < -0.4 is 10.6 Å². The summed E-state index contributed by atoms with van der Waals surface area (Å²) in [5.41, 5.74) is 3.04. The van der Waals surface area contributed by atoms with Crippen molar-refractivity contribution in [1.82, 2.24) is 15.6 Å². The van der Waals surface area contributed by atoms with Crippen LogP contribution in [0.3, 0.4) is 0 Å². The molecule has 28 heavy (non-hydrogen) atoms. The van der Waals surface area contributed by atoms with Gasteiger partial charge in [0.15, 0.2) is 6.10 Å². The highest BCUT2D eigenvalue weighted by atomic mass is 16.5. The van der Waals surface area contributed by atoms with Gasteiger partial charge in [0.1, 0.15) is 0 Å². The molecule has 7 heteroatoms. The van der Waals surface area contributed by atoms with Crippen LogP contribution in [0.15, 0.2) is 24.3 Å². The fourth-order valence-electron chi connectivity index (χ4n) is 3.49. The first-order chi connectivity index (χ1) is 13.4. The number of ether oxygens (including phenoxy) is 1. The topological polar surface area (TPSA) is 97.4 Å². The molecule has 2 aromatic rings. The number of pyridine rings is 1. The van der Waals surface area contributed by atoms with Crippen molar-refractivity contribution in [1.29, 1.82) is 0 Å². The summed E-state index contributed by atoms with van der Waals surface area (Å²) in [5, 5.41) is 5.35. The lowest BCUT2D eigenvalue weighted by Gasteiger charge is -2.24. The average Bonchev–Trinajstić information content (AvgIpc) is 2.66. The molecule has 0 aliphatic heterocycles. The molecule has 0 saturated carbocycles. The number of esters is 1. The van der Waals surface area contributed by atoms with Crippen molar-refractivity contribution in [3.63, 3.8) is 0 Å². The van der Waals surface area contributed by atoms with Crippen molar-refractivity contribution in [2.75, 3.05) is 6.54 Å². The Labute approximate surface area is 163 Å². The molecule has 2 unspecified atom stereocenters. The molecule has 0 spiro atoms. The van der Waals surface area contributed by atoms with Crippen molar-refractivity contribution in [2.24, 2.45) is 5.92 Å². The first-order valence-electron chi connectivity index (χ1n) is 9.60. The zero-order valence-electron chi connectivity index (χ0n) is 16.4. The van der Waals surface area contributed by atoms with Crippen molar-refractivity contribution in [3.05, 3.63) is 41.1 Å². The minimum atomic E-state index is -1.10. The van der Waals surface area contributed by atoms with Crippen LogP contribution in [0.25, 0.3) is 10.9 Å². The van der Waals surface area contributed by atoms with Gasteiger partial charge in [-0.1, -0.05) is 25.1 Å². The number of carbonyl (C=O) groups is 3. The van der Waals surface area contributed by atoms with Gasteiger partial charge in [-0.3, -0.25) is 15.1 Å². The van der Waals surface area contributed by atoms with E-state index in [9.17, 15) is 14.4 Å². The fraction of sp³-hybridized carbons (Fsp3) is 0.429. The van der Waals surface area contributed by atoms with Gasteiger partial charge < -0.3 is 10.1 Å². The Kier molecular flexibility index (Phi) is 5.92. The number of imide groups is 1. The molecular formula is C21H25N3O4. The molecular weight excluding hydrogens is 358 g/mol. The van der Waals surface area contributed by atoms with Gasteiger partial charge in [-0.25, -0.2) is 9.59 Å². The molecule has 2 atom stereocenters. The standard InChI is InChI=1S/C21H25N3O4/c1-4-22-21(27)24-19(25)13(3)28-20(26)18-14-7-5-6-8-16(14)23-17-10-9-12(2)11-15(17)18/h5-8,12-13H,4,9-11H2,1-3H3,(H2,22,24,25,27). The second-order valence-corrected chi connectivity index (χ2v) is 7.17. The van der Waals surface area contributed by atoms with E-state index in [2.05, 4.69) is 17.6 Å². The van der Waals surface area contributed by atoms with Gasteiger partial charge in [-0.05, 0) is 50.7 Å². The van der Waals surface area contributed by atoms with E-state index in [-0.39, 0.29) is 0 Å². The van der Waals surface area contributed by atoms with E-state index < -0.39 is 24.0 Å². The number of aryl methyl sites for hydroxylation is 1. The summed E-state index contributed by atoms with van der Waals surface area (Å²) in [6.07, 6.45) is 1.49. The molecule has 0 radical (unpaired) electrons. The van der Waals surface area contributed by atoms with E-state index in [4.69, 9.17) is 9.72 Å². The molecule has 3 rings (SSSR count). The third-order valence-corrected chi connectivity index (χ3v) is 4.94. The largest absolute Gasteiger partial charge is 0.449 e. The van der Waals surface area contributed by atoms with Gasteiger partial charge in [0.2, 0.25) is 0 Å². The van der Waals surface area contributed by atoms with Crippen LogP contribution in [-0.4, -0.2) is 35.5 Å². The van der Waals surface area contributed by atoms with Crippen molar-refractivity contribution < 1.29 is 19.1 Å². The third-order valence-electron chi connectivity index (χ3n) is 4.94. The Bertz CT molecular complexity index is 925. The van der Waals surface area contributed by atoms with Crippen LogP contribution in [0.1, 0.15) is 48.8 Å². The summed E-state index contributed by atoms with van der Waals surface area (Å²) in [6, 6.07) is 6.83. The summed E-state index contributed by atoms with van der Waals surface area (Å²) < 4.78 is 5.43. The minimum Gasteiger partial charge on any atom is -0.449 e. The smallest absolute Gasteiger partial charge is 0.339 e. The molecule has 0 fully saturated rings. The van der Waals surface area contributed by atoms with E-state index >= 15 is 0 Å². The molecule has 148 valence electrons. The number of benzene rings is 1. The Morgan fingerprint density at radius 2 is 2.04 bits per heavy atom. The second kappa shape index (κ2) is 8.37. The van der Waals surface area contributed by atoms with Crippen molar-refractivity contribution in [3.8, 4) is 0 Å². The minimum absolute atomic E-state index is 0.389. The second-order valence-electron chi connectivity index (χ2n) is 7.17. The zero-order valence-corrected chi connectivity index (χ0v) is 16.4. The number of urea groups is 1. The summed E-state index contributed by atoms with van der Waals surface area (Å²) in [6.45, 7) is 5.73. The maximum Gasteiger partial charge on any atom is 0.339 e. The van der Waals surface area contributed by atoms with Gasteiger partial charge >= 0.3 is 12.0 Å².